The van der Waals surface area contributed by atoms with Crippen molar-refractivity contribution in [1.29, 1.82) is 0 Å². The van der Waals surface area contributed by atoms with Crippen molar-refractivity contribution < 1.29 is 19.1 Å². The molecular weight excluding hydrogens is 382 g/mol. The van der Waals surface area contributed by atoms with Crippen LogP contribution in [0.15, 0.2) is 49.0 Å². The summed E-state index contributed by atoms with van der Waals surface area (Å²) in [7, 11) is 3.09. The van der Waals surface area contributed by atoms with Crippen LogP contribution in [0.25, 0.3) is 5.70 Å². The molecule has 0 unspecified atom stereocenters. The van der Waals surface area contributed by atoms with Crippen molar-refractivity contribution >= 4 is 29.1 Å². The molecule has 0 heterocycles. The third-order valence-corrected chi connectivity index (χ3v) is 4.06. The third kappa shape index (κ3) is 6.21. The number of halogens is 1. The van der Waals surface area contributed by atoms with Crippen LogP contribution in [0.1, 0.15) is 11.1 Å². The van der Waals surface area contributed by atoms with Gasteiger partial charge in [0.2, 0.25) is 5.91 Å². The molecule has 0 fully saturated rings. The zero-order valence-corrected chi connectivity index (χ0v) is 16.4. The van der Waals surface area contributed by atoms with Crippen LogP contribution in [0.2, 0.25) is 5.02 Å². The molecule has 0 bridgehead atoms. The maximum Gasteiger partial charge on any atom is 0.257 e. The Morgan fingerprint density at radius 1 is 1.00 bits per heavy atom. The molecule has 0 atom stereocenters. The van der Waals surface area contributed by atoms with Crippen LogP contribution in [-0.4, -0.2) is 32.6 Å². The largest absolute Gasteiger partial charge is 0.497 e. The summed E-state index contributed by atoms with van der Waals surface area (Å²) in [5.41, 5.74) is 7.09. The van der Waals surface area contributed by atoms with E-state index in [1.807, 2.05) is 0 Å². The molecule has 28 heavy (non-hydrogen) atoms. The number of benzene rings is 2. The summed E-state index contributed by atoms with van der Waals surface area (Å²) in [6, 6.07) is 12.2. The lowest BCUT2D eigenvalue weighted by Gasteiger charge is -2.15. The fourth-order valence-corrected chi connectivity index (χ4v) is 2.46. The number of carbonyl (C=O) groups is 2. The van der Waals surface area contributed by atoms with E-state index in [1.54, 1.807) is 49.6 Å². The smallest absolute Gasteiger partial charge is 0.257 e. The maximum atomic E-state index is 11.9. The number of ether oxygens (including phenoxy) is 2. The molecule has 2 rings (SSSR count). The summed E-state index contributed by atoms with van der Waals surface area (Å²) in [6.07, 6.45) is 0.160. The van der Waals surface area contributed by atoms with Gasteiger partial charge in [0, 0.05) is 16.7 Å². The summed E-state index contributed by atoms with van der Waals surface area (Å²) in [6.45, 7) is 3.70. The Bertz CT molecular complexity index is 853. The second-order valence-corrected chi connectivity index (χ2v) is 6.23. The van der Waals surface area contributed by atoms with Gasteiger partial charge in [0.05, 0.1) is 32.9 Å². The van der Waals surface area contributed by atoms with Crippen LogP contribution in [0.5, 0.6) is 11.5 Å². The van der Waals surface area contributed by atoms with Gasteiger partial charge in [-0.3, -0.25) is 20.4 Å². The number of methoxy groups -OCH3 is 2. The van der Waals surface area contributed by atoms with Crippen LogP contribution in [-0.2, 0) is 16.0 Å². The first kappa shape index (κ1) is 21.1. The first-order chi connectivity index (χ1) is 13.4. The van der Waals surface area contributed by atoms with Gasteiger partial charge in [-0.25, -0.2) is 0 Å². The highest BCUT2D eigenvalue weighted by molar-refractivity contribution is 6.30. The Morgan fingerprint density at radius 2 is 1.71 bits per heavy atom. The van der Waals surface area contributed by atoms with Crippen LogP contribution in [0.4, 0.5) is 0 Å². The maximum absolute atomic E-state index is 11.9. The van der Waals surface area contributed by atoms with Crippen molar-refractivity contribution in [3.8, 4) is 11.5 Å². The van der Waals surface area contributed by atoms with Gasteiger partial charge in [-0.1, -0.05) is 30.3 Å². The second-order valence-electron chi connectivity index (χ2n) is 5.80. The number of nitrogens with one attached hydrogen (secondary N) is 3. The monoisotopic (exact) mass is 403 g/mol. The van der Waals surface area contributed by atoms with Gasteiger partial charge in [-0.15, -0.1) is 0 Å². The lowest BCUT2D eigenvalue weighted by molar-refractivity contribution is -0.126. The number of hydrogen-bond donors (Lipinski definition) is 3. The number of amides is 2. The molecule has 2 aromatic rings. The van der Waals surface area contributed by atoms with Crippen molar-refractivity contribution in [2.75, 3.05) is 20.8 Å². The summed E-state index contributed by atoms with van der Waals surface area (Å²) >= 11 is 5.81. The van der Waals surface area contributed by atoms with E-state index in [2.05, 4.69) is 22.7 Å². The fraction of sp³-hybridized carbons (Fsp3) is 0.200. The van der Waals surface area contributed by atoms with E-state index >= 15 is 0 Å². The Labute approximate surface area is 168 Å². The lowest BCUT2D eigenvalue weighted by atomic mass is 10.1. The Morgan fingerprint density at radius 3 is 2.36 bits per heavy atom. The molecule has 0 spiro atoms. The SMILES string of the molecule is C=C(NNC(=O)CNC(=O)Cc1ccc(Cl)cc1)c1ccc(OC)cc1OC. The van der Waals surface area contributed by atoms with Gasteiger partial charge >= 0.3 is 0 Å². The first-order valence-electron chi connectivity index (χ1n) is 8.40. The van der Waals surface area contributed by atoms with Gasteiger partial charge in [-0.05, 0) is 29.8 Å². The second kappa shape index (κ2) is 10.2. The molecule has 2 aromatic carbocycles. The molecule has 8 heteroatoms. The van der Waals surface area contributed by atoms with Gasteiger partial charge in [0.25, 0.3) is 5.91 Å². The minimum Gasteiger partial charge on any atom is -0.497 e. The standard InChI is InChI=1S/C20H22ClN3O4/c1-13(17-9-8-16(27-2)11-18(17)28-3)23-24-20(26)12-22-19(25)10-14-4-6-15(21)7-5-14/h4-9,11,23H,1,10,12H2,2-3H3,(H,22,25)(H,24,26). The average Bonchev–Trinajstić information content (AvgIpc) is 2.71. The number of rotatable bonds is 9. The van der Waals surface area contributed by atoms with Crippen LogP contribution in [0, 0.1) is 0 Å². The molecule has 0 saturated carbocycles. The van der Waals surface area contributed by atoms with E-state index in [-0.39, 0.29) is 18.9 Å². The predicted octanol–water partition coefficient (Wildman–Crippen LogP) is 2.31. The first-order valence-corrected chi connectivity index (χ1v) is 8.78. The van der Waals surface area contributed by atoms with Crippen molar-refractivity contribution in [2.24, 2.45) is 0 Å². The highest BCUT2D eigenvalue weighted by Gasteiger charge is 2.10. The van der Waals surface area contributed by atoms with Crippen LogP contribution < -0.4 is 25.6 Å². The predicted molar refractivity (Wildman–Crippen MR) is 108 cm³/mol. The topological polar surface area (TPSA) is 88.7 Å². The van der Waals surface area contributed by atoms with Gasteiger partial charge in [-0.2, -0.15) is 0 Å². The molecule has 0 aliphatic carbocycles. The van der Waals surface area contributed by atoms with Crippen molar-refractivity contribution in [2.45, 2.75) is 6.42 Å². The molecule has 3 N–H and O–H groups in total. The number of hydrogen-bond acceptors (Lipinski definition) is 5. The molecule has 7 nitrogen and oxygen atoms in total. The highest BCUT2D eigenvalue weighted by atomic mass is 35.5. The molecule has 2 amide bonds. The minimum atomic E-state index is -0.418. The fourth-order valence-electron chi connectivity index (χ4n) is 2.33. The number of carbonyl (C=O) groups excluding carboxylic acids is 2. The Balaban J connectivity index is 1.79. The van der Waals surface area contributed by atoms with Crippen molar-refractivity contribution in [3.63, 3.8) is 0 Å². The summed E-state index contributed by atoms with van der Waals surface area (Å²) in [4.78, 5) is 23.9. The van der Waals surface area contributed by atoms with E-state index in [0.717, 1.165) is 5.56 Å². The van der Waals surface area contributed by atoms with Crippen molar-refractivity contribution in [1.82, 2.24) is 16.2 Å². The van der Waals surface area contributed by atoms with Gasteiger partial charge < -0.3 is 14.8 Å². The van der Waals surface area contributed by atoms with E-state index in [0.29, 0.717) is 27.8 Å². The Kier molecular flexibility index (Phi) is 7.71. The zero-order valence-electron chi connectivity index (χ0n) is 15.7. The minimum absolute atomic E-state index is 0.160. The van der Waals surface area contributed by atoms with Gasteiger partial charge in [0.1, 0.15) is 11.5 Å². The third-order valence-electron chi connectivity index (χ3n) is 3.81. The Hall–Kier alpha value is -3.19. The van der Waals surface area contributed by atoms with E-state index in [9.17, 15) is 9.59 Å². The van der Waals surface area contributed by atoms with E-state index < -0.39 is 5.91 Å². The van der Waals surface area contributed by atoms with E-state index in [1.165, 1.54) is 7.11 Å². The lowest BCUT2D eigenvalue weighted by Crippen LogP contribution is -2.43. The molecule has 0 aliphatic rings. The molecular formula is C20H22ClN3O4. The normalized spacial score (nSPS) is 9.96. The zero-order chi connectivity index (χ0) is 20.5. The summed E-state index contributed by atoms with van der Waals surface area (Å²) in [5, 5.41) is 3.15. The van der Waals surface area contributed by atoms with Crippen LogP contribution in [0.3, 0.4) is 0 Å². The highest BCUT2D eigenvalue weighted by Crippen LogP contribution is 2.27. The molecule has 0 aliphatic heterocycles. The quantitative estimate of drug-likeness (QED) is 0.559. The van der Waals surface area contributed by atoms with Crippen molar-refractivity contribution in [3.05, 3.63) is 65.2 Å². The molecule has 0 saturated heterocycles. The average molecular weight is 404 g/mol. The molecule has 0 aromatic heterocycles. The summed E-state index contributed by atoms with van der Waals surface area (Å²) in [5.74, 6) is 0.495. The number of hydrazine groups is 1. The van der Waals surface area contributed by atoms with E-state index in [4.69, 9.17) is 21.1 Å². The van der Waals surface area contributed by atoms with Gasteiger partial charge in [0.15, 0.2) is 0 Å². The molecule has 0 radical (unpaired) electrons. The van der Waals surface area contributed by atoms with Crippen LogP contribution >= 0.6 is 11.6 Å². The summed E-state index contributed by atoms with van der Waals surface area (Å²) < 4.78 is 10.4. The molecule has 148 valence electrons.